The Hall–Kier alpha value is -2.48. The number of carbonyl (C=O) groups is 1. The minimum atomic E-state index is -0.166. The molecule has 0 saturated carbocycles. The summed E-state index contributed by atoms with van der Waals surface area (Å²) in [4.78, 5) is 19.2. The predicted octanol–water partition coefficient (Wildman–Crippen LogP) is 3.62. The zero-order valence-electron chi connectivity index (χ0n) is 14.1. The van der Waals surface area contributed by atoms with Crippen LogP contribution < -0.4 is 0 Å². The summed E-state index contributed by atoms with van der Waals surface area (Å²) in [5.74, 6) is 1.31. The largest absolute Gasteiger partial charge is 0.337 e. The number of hydrogen-bond donors (Lipinski definition) is 1. The Bertz CT molecular complexity index is 867. The summed E-state index contributed by atoms with van der Waals surface area (Å²) in [7, 11) is 0. The van der Waals surface area contributed by atoms with Gasteiger partial charge in [0.25, 0.3) is 5.91 Å². The molecular weight excluding hydrogens is 338 g/mol. The molecule has 1 amide bonds. The van der Waals surface area contributed by atoms with E-state index in [-0.39, 0.29) is 17.9 Å². The van der Waals surface area contributed by atoms with Crippen molar-refractivity contribution in [2.45, 2.75) is 38.6 Å². The maximum absolute atomic E-state index is 12.9. The van der Waals surface area contributed by atoms with Gasteiger partial charge in [-0.1, -0.05) is 19.0 Å². The van der Waals surface area contributed by atoms with Gasteiger partial charge in [0.15, 0.2) is 5.82 Å². The molecule has 4 rings (SSSR count). The second kappa shape index (κ2) is 6.44. The SMILES string of the molecule is CC(C)c1noc(C2CCCN2C(=O)c2cc(-c3ccsc3)n[nH]2)n1. The molecule has 0 aromatic carbocycles. The molecule has 0 bridgehead atoms. The molecule has 1 atom stereocenters. The van der Waals surface area contributed by atoms with E-state index in [0.29, 0.717) is 24.0 Å². The highest BCUT2D eigenvalue weighted by Crippen LogP contribution is 2.33. The number of aromatic nitrogens is 4. The Morgan fingerprint density at radius 3 is 3.08 bits per heavy atom. The Morgan fingerprint density at radius 2 is 2.36 bits per heavy atom. The number of nitrogens with zero attached hydrogens (tertiary/aromatic N) is 4. The minimum absolute atomic E-state index is 0.0826. The summed E-state index contributed by atoms with van der Waals surface area (Å²) >= 11 is 1.60. The van der Waals surface area contributed by atoms with Crippen LogP contribution in [-0.4, -0.2) is 37.7 Å². The van der Waals surface area contributed by atoms with Crippen LogP contribution in [0.3, 0.4) is 0 Å². The topological polar surface area (TPSA) is 87.9 Å². The van der Waals surface area contributed by atoms with E-state index in [0.717, 1.165) is 24.1 Å². The molecule has 7 nitrogen and oxygen atoms in total. The van der Waals surface area contributed by atoms with Crippen LogP contribution in [0, 0.1) is 0 Å². The van der Waals surface area contributed by atoms with E-state index in [2.05, 4.69) is 20.3 Å². The van der Waals surface area contributed by atoms with E-state index in [9.17, 15) is 4.79 Å². The van der Waals surface area contributed by atoms with Crippen LogP contribution in [0.15, 0.2) is 27.4 Å². The number of amides is 1. The Labute approximate surface area is 149 Å². The lowest BCUT2D eigenvalue weighted by molar-refractivity contribution is 0.0704. The van der Waals surface area contributed by atoms with E-state index in [1.807, 2.05) is 30.7 Å². The Kier molecular flexibility index (Phi) is 4.12. The molecule has 0 aliphatic carbocycles. The summed E-state index contributed by atoms with van der Waals surface area (Å²) < 4.78 is 5.41. The molecule has 0 spiro atoms. The molecule has 25 heavy (non-hydrogen) atoms. The van der Waals surface area contributed by atoms with Crippen molar-refractivity contribution in [1.82, 2.24) is 25.2 Å². The van der Waals surface area contributed by atoms with E-state index in [4.69, 9.17) is 4.52 Å². The second-order valence-corrected chi connectivity index (χ2v) is 7.26. The van der Waals surface area contributed by atoms with Gasteiger partial charge in [-0.2, -0.15) is 21.4 Å². The molecule has 1 unspecified atom stereocenters. The van der Waals surface area contributed by atoms with Crippen molar-refractivity contribution in [3.8, 4) is 11.3 Å². The number of carbonyl (C=O) groups excluding carboxylic acids is 1. The lowest BCUT2D eigenvalue weighted by Crippen LogP contribution is -2.31. The normalized spacial score (nSPS) is 17.6. The van der Waals surface area contributed by atoms with Crippen molar-refractivity contribution in [1.29, 1.82) is 0 Å². The van der Waals surface area contributed by atoms with Gasteiger partial charge in [-0.3, -0.25) is 9.89 Å². The minimum Gasteiger partial charge on any atom is -0.337 e. The number of H-pyrrole nitrogens is 1. The molecule has 130 valence electrons. The number of thiophene rings is 1. The lowest BCUT2D eigenvalue weighted by atomic mass is 10.2. The molecule has 3 aromatic rings. The third-order valence-electron chi connectivity index (χ3n) is 4.40. The summed E-state index contributed by atoms with van der Waals surface area (Å²) in [5.41, 5.74) is 2.27. The highest BCUT2D eigenvalue weighted by molar-refractivity contribution is 7.08. The Balaban J connectivity index is 1.56. The second-order valence-electron chi connectivity index (χ2n) is 6.48. The summed E-state index contributed by atoms with van der Waals surface area (Å²) in [6, 6.07) is 3.62. The van der Waals surface area contributed by atoms with Crippen LogP contribution in [0.25, 0.3) is 11.3 Å². The van der Waals surface area contributed by atoms with Crippen molar-refractivity contribution in [2.24, 2.45) is 0 Å². The van der Waals surface area contributed by atoms with Crippen molar-refractivity contribution >= 4 is 17.2 Å². The third kappa shape index (κ3) is 2.97. The first-order valence-electron chi connectivity index (χ1n) is 8.36. The van der Waals surface area contributed by atoms with Crippen molar-refractivity contribution in [3.05, 3.63) is 40.3 Å². The molecule has 4 heterocycles. The van der Waals surface area contributed by atoms with Gasteiger partial charge in [0.2, 0.25) is 5.89 Å². The highest BCUT2D eigenvalue weighted by Gasteiger charge is 2.35. The van der Waals surface area contributed by atoms with E-state index in [1.54, 1.807) is 22.3 Å². The van der Waals surface area contributed by atoms with Crippen LogP contribution in [0.1, 0.15) is 60.9 Å². The van der Waals surface area contributed by atoms with Gasteiger partial charge in [0.05, 0.1) is 5.69 Å². The fourth-order valence-corrected chi connectivity index (χ4v) is 3.68. The molecule has 8 heteroatoms. The molecule has 1 aliphatic rings. The number of aromatic amines is 1. The smallest absolute Gasteiger partial charge is 0.272 e. The number of rotatable bonds is 4. The van der Waals surface area contributed by atoms with E-state index in [1.165, 1.54) is 0 Å². The van der Waals surface area contributed by atoms with E-state index >= 15 is 0 Å². The van der Waals surface area contributed by atoms with Gasteiger partial charge in [-0.15, -0.1) is 0 Å². The van der Waals surface area contributed by atoms with Gasteiger partial charge in [0, 0.05) is 23.4 Å². The molecule has 0 radical (unpaired) electrons. The first-order chi connectivity index (χ1) is 12.1. The molecule has 1 N–H and O–H groups in total. The molecule has 1 fully saturated rings. The summed E-state index contributed by atoms with van der Waals surface area (Å²) in [5, 5.41) is 15.1. The number of likely N-dealkylation sites (tertiary alicyclic amines) is 1. The van der Waals surface area contributed by atoms with Crippen LogP contribution in [-0.2, 0) is 0 Å². The van der Waals surface area contributed by atoms with Gasteiger partial charge < -0.3 is 9.42 Å². The van der Waals surface area contributed by atoms with Gasteiger partial charge in [-0.25, -0.2) is 0 Å². The third-order valence-corrected chi connectivity index (χ3v) is 5.08. The maximum Gasteiger partial charge on any atom is 0.272 e. The standard InChI is InChI=1S/C17H19N5O2S/c1-10(2)15-18-16(24-21-15)14-4-3-6-22(14)17(23)13-8-12(19-20-13)11-5-7-25-9-11/h5,7-10,14H,3-4,6H2,1-2H3,(H,19,20). The number of nitrogens with one attached hydrogen (secondary N) is 1. The summed E-state index contributed by atoms with van der Waals surface area (Å²) in [6.45, 7) is 4.71. The zero-order valence-corrected chi connectivity index (χ0v) is 14.9. The maximum atomic E-state index is 12.9. The monoisotopic (exact) mass is 357 g/mol. The van der Waals surface area contributed by atoms with Gasteiger partial charge in [-0.05, 0) is 30.4 Å². The molecular formula is C17H19N5O2S. The zero-order chi connectivity index (χ0) is 17.4. The van der Waals surface area contributed by atoms with Crippen molar-refractivity contribution < 1.29 is 9.32 Å². The quantitative estimate of drug-likeness (QED) is 0.770. The van der Waals surface area contributed by atoms with Crippen molar-refractivity contribution in [2.75, 3.05) is 6.54 Å². The van der Waals surface area contributed by atoms with Crippen LogP contribution in [0.5, 0.6) is 0 Å². The van der Waals surface area contributed by atoms with Crippen LogP contribution in [0.2, 0.25) is 0 Å². The average Bonchev–Trinajstić information content (AvgIpc) is 3.41. The lowest BCUT2D eigenvalue weighted by Gasteiger charge is -2.20. The fraction of sp³-hybridized carbons (Fsp3) is 0.412. The van der Waals surface area contributed by atoms with Gasteiger partial charge >= 0.3 is 0 Å². The molecule has 1 aliphatic heterocycles. The average molecular weight is 357 g/mol. The van der Waals surface area contributed by atoms with Crippen LogP contribution >= 0.6 is 11.3 Å². The van der Waals surface area contributed by atoms with E-state index < -0.39 is 0 Å². The number of hydrogen-bond acceptors (Lipinski definition) is 6. The first kappa shape index (κ1) is 16.0. The Morgan fingerprint density at radius 1 is 1.48 bits per heavy atom. The highest BCUT2D eigenvalue weighted by atomic mass is 32.1. The van der Waals surface area contributed by atoms with Crippen molar-refractivity contribution in [3.63, 3.8) is 0 Å². The first-order valence-corrected chi connectivity index (χ1v) is 9.30. The molecule has 3 aromatic heterocycles. The van der Waals surface area contributed by atoms with Gasteiger partial charge in [0.1, 0.15) is 11.7 Å². The molecule has 1 saturated heterocycles. The van der Waals surface area contributed by atoms with Crippen LogP contribution in [0.4, 0.5) is 0 Å². The summed E-state index contributed by atoms with van der Waals surface area (Å²) in [6.07, 6.45) is 1.75. The predicted molar refractivity (Wildman–Crippen MR) is 93.3 cm³/mol. The fourth-order valence-electron chi connectivity index (χ4n) is 3.03.